The SMILES string of the molecule is CC(C)(C)O/N=C1\CCC1C1CC1. The maximum atomic E-state index is 5.43. The lowest BCUT2D eigenvalue weighted by molar-refractivity contribution is -0.00158. The quantitative estimate of drug-likeness (QED) is 0.600. The van der Waals surface area contributed by atoms with Gasteiger partial charge in [-0.15, -0.1) is 0 Å². The molecule has 0 radical (unpaired) electrons. The van der Waals surface area contributed by atoms with E-state index in [9.17, 15) is 0 Å². The predicted molar refractivity (Wildman–Crippen MR) is 53.7 cm³/mol. The zero-order valence-corrected chi connectivity index (χ0v) is 8.84. The molecule has 2 aliphatic carbocycles. The molecular weight excluding hydrogens is 162 g/mol. The molecule has 1 atom stereocenters. The fourth-order valence-electron chi connectivity index (χ4n) is 1.76. The van der Waals surface area contributed by atoms with Crippen molar-refractivity contribution in [1.82, 2.24) is 0 Å². The van der Waals surface area contributed by atoms with E-state index in [-0.39, 0.29) is 5.60 Å². The Morgan fingerprint density at radius 2 is 1.92 bits per heavy atom. The highest BCUT2D eigenvalue weighted by atomic mass is 16.6. The van der Waals surface area contributed by atoms with Crippen LogP contribution in [0.3, 0.4) is 0 Å². The second-order valence-corrected chi connectivity index (χ2v) is 5.27. The molecular formula is C11H19NO. The molecule has 2 heteroatoms. The first-order valence-electron chi connectivity index (χ1n) is 5.31. The van der Waals surface area contributed by atoms with Crippen molar-refractivity contribution in [2.75, 3.05) is 0 Å². The number of oxime groups is 1. The van der Waals surface area contributed by atoms with E-state index in [2.05, 4.69) is 5.16 Å². The van der Waals surface area contributed by atoms with Gasteiger partial charge in [-0.3, -0.25) is 0 Å². The topological polar surface area (TPSA) is 21.6 Å². The molecule has 0 N–H and O–H groups in total. The molecule has 2 aliphatic rings. The molecule has 2 fully saturated rings. The van der Waals surface area contributed by atoms with Gasteiger partial charge in [-0.25, -0.2) is 0 Å². The van der Waals surface area contributed by atoms with Gasteiger partial charge in [0.25, 0.3) is 0 Å². The maximum absolute atomic E-state index is 5.43. The van der Waals surface area contributed by atoms with Crippen molar-refractivity contribution in [2.24, 2.45) is 17.0 Å². The summed E-state index contributed by atoms with van der Waals surface area (Å²) in [7, 11) is 0. The second kappa shape index (κ2) is 3.00. The monoisotopic (exact) mass is 181 g/mol. The van der Waals surface area contributed by atoms with Gasteiger partial charge in [0.1, 0.15) is 5.60 Å². The molecule has 0 heterocycles. The highest BCUT2D eigenvalue weighted by Crippen LogP contribution is 2.45. The average molecular weight is 181 g/mol. The highest BCUT2D eigenvalue weighted by Gasteiger charge is 2.40. The van der Waals surface area contributed by atoms with Crippen LogP contribution in [-0.2, 0) is 4.84 Å². The van der Waals surface area contributed by atoms with E-state index in [1.807, 2.05) is 20.8 Å². The molecule has 0 aliphatic heterocycles. The first-order valence-corrected chi connectivity index (χ1v) is 5.31. The van der Waals surface area contributed by atoms with Gasteiger partial charge < -0.3 is 4.84 Å². The minimum absolute atomic E-state index is 0.128. The van der Waals surface area contributed by atoms with Crippen LogP contribution in [-0.4, -0.2) is 11.3 Å². The van der Waals surface area contributed by atoms with E-state index >= 15 is 0 Å². The summed E-state index contributed by atoms with van der Waals surface area (Å²) in [5, 5.41) is 4.26. The van der Waals surface area contributed by atoms with Crippen molar-refractivity contribution in [3.05, 3.63) is 0 Å². The Labute approximate surface area is 80.3 Å². The molecule has 0 aromatic carbocycles. The minimum atomic E-state index is -0.128. The van der Waals surface area contributed by atoms with Crippen molar-refractivity contribution in [1.29, 1.82) is 0 Å². The summed E-state index contributed by atoms with van der Waals surface area (Å²) in [6.07, 6.45) is 5.34. The van der Waals surface area contributed by atoms with Crippen LogP contribution in [0.1, 0.15) is 46.5 Å². The van der Waals surface area contributed by atoms with Gasteiger partial charge >= 0.3 is 0 Å². The molecule has 2 nitrogen and oxygen atoms in total. The molecule has 13 heavy (non-hydrogen) atoms. The highest BCUT2D eigenvalue weighted by molar-refractivity contribution is 5.91. The first-order chi connectivity index (χ1) is 6.06. The van der Waals surface area contributed by atoms with Crippen molar-refractivity contribution in [2.45, 2.75) is 52.1 Å². The van der Waals surface area contributed by atoms with Crippen LogP contribution < -0.4 is 0 Å². The van der Waals surface area contributed by atoms with Crippen LogP contribution in [0.15, 0.2) is 5.16 Å². The summed E-state index contributed by atoms with van der Waals surface area (Å²) < 4.78 is 0. The van der Waals surface area contributed by atoms with Crippen LogP contribution in [0.25, 0.3) is 0 Å². The van der Waals surface area contributed by atoms with Crippen LogP contribution in [0.5, 0.6) is 0 Å². The molecule has 0 aromatic rings. The maximum Gasteiger partial charge on any atom is 0.129 e. The normalized spacial score (nSPS) is 31.6. The summed E-state index contributed by atoms with van der Waals surface area (Å²) >= 11 is 0. The van der Waals surface area contributed by atoms with E-state index < -0.39 is 0 Å². The Balaban J connectivity index is 1.86. The van der Waals surface area contributed by atoms with Gasteiger partial charge in [-0.2, -0.15) is 0 Å². The van der Waals surface area contributed by atoms with Crippen molar-refractivity contribution in [3.8, 4) is 0 Å². The molecule has 0 spiro atoms. The number of hydrogen-bond acceptors (Lipinski definition) is 2. The fourth-order valence-corrected chi connectivity index (χ4v) is 1.76. The Bertz CT molecular complexity index is 223. The Kier molecular flexibility index (Phi) is 2.09. The Morgan fingerprint density at radius 3 is 2.31 bits per heavy atom. The third-order valence-corrected chi connectivity index (χ3v) is 2.77. The van der Waals surface area contributed by atoms with Gasteiger partial charge in [-0.1, -0.05) is 5.16 Å². The number of hydrogen-bond donors (Lipinski definition) is 0. The summed E-state index contributed by atoms with van der Waals surface area (Å²) in [6.45, 7) is 6.13. The van der Waals surface area contributed by atoms with Crippen LogP contribution >= 0.6 is 0 Å². The van der Waals surface area contributed by atoms with Gasteiger partial charge in [-0.05, 0) is 52.4 Å². The Hall–Kier alpha value is -0.530. The zero-order chi connectivity index (χ0) is 9.47. The second-order valence-electron chi connectivity index (χ2n) is 5.27. The third kappa shape index (κ3) is 2.23. The Morgan fingerprint density at radius 1 is 1.23 bits per heavy atom. The lowest BCUT2D eigenvalue weighted by Crippen LogP contribution is -2.29. The lowest BCUT2D eigenvalue weighted by atomic mass is 9.79. The molecule has 0 bridgehead atoms. The molecule has 0 amide bonds. The summed E-state index contributed by atoms with van der Waals surface area (Å²) in [6, 6.07) is 0. The van der Waals surface area contributed by atoms with Gasteiger partial charge in [0.2, 0.25) is 0 Å². The minimum Gasteiger partial charge on any atom is -0.390 e. The lowest BCUT2D eigenvalue weighted by Gasteiger charge is -2.28. The largest absolute Gasteiger partial charge is 0.390 e. The van der Waals surface area contributed by atoms with Crippen molar-refractivity contribution >= 4 is 5.71 Å². The molecule has 0 saturated heterocycles. The van der Waals surface area contributed by atoms with E-state index in [1.165, 1.54) is 25.0 Å². The van der Waals surface area contributed by atoms with Crippen LogP contribution in [0.2, 0.25) is 0 Å². The van der Waals surface area contributed by atoms with Crippen LogP contribution in [0, 0.1) is 11.8 Å². The van der Waals surface area contributed by atoms with E-state index in [0.717, 1.165) is 18.3 Å². The van der Waals surface area contributed by atoms with Gasteiger partial charge in [0.15, 0.2) is 0 Å². The first kappa shape index (κ1) is 9.04. The molecule has 1 unspecified atom stereocenters. The van der Waals surface area contributed by atoms with Crippen molar-refractivity contribution in [3.63, 3.8) is 0 Å². The summed E-state index contributed by atoms with van der Waals surface area (Å²) in [4.78, 5) is 5.43. The van der Waals surface area contributed by atoms with Crippen LogP contribution in [0.4, 0.5) is 0 Å². The van der Waals surface area contributed by atoms with Gasteiger partial charge in [0.05, 0.1) is 5.71 Å². The van der Waals surface area contributed by atoms with E-state index in [4.69, 9.17) is 4.84 Å². The molecule has 74 valence electrons. The molecule has 0 aromatic heterocycles. The standard InChI is InChI=1S/C11H19NO/c1-11(2,3)13-12-10-7-6-9(10)8-4-5-8/h8-9H,4-7H2,1-3H3/b12-10+. The average Bonchev–Trinajstić information content (AvgIpc) is 2.66. The summed E-state index contributed by atoms with van der Waals surface area (Å²) in [5.74, 6) is 1.73. The third-order valence-electron chi connectivity index (χ3n) is 2.77. The van der Waals surface area contributed by atoms with Crippen molar-refractivity contribution < 1.29 is 4.84 Å². The summed E-state index contributed by atoms with van der Waals surface area (Å²) in [5.41, 5.74) is 1.19. The predicted octanol–water partition coefficient (Wildman–Crippen LogP) is 2.98. The fraction of sp³-hybridized carbons (Fsp3) is 0.909. The van der Waals surface area contributed by atoms with E-state index in [1.54, 1.807) is 0 Å². The van der Waals surface area contributed by atoms with E-state index in [0.29, 0.717) is 0 Å². The number of nitrogens with zero attached hydrogens (tertiary/aromatic N) is 1. The van der Waals surface area contributed by atoms with Gasteiger partial charge in [0, 0.05) is 5.92 Å². The molecule has 2 rings (SSSR count). The zero-order valence-electron chi connectivity index (χ0n) is 8.84. The smallest absolute Gasteiger partial charge is 0.129 e. The molecule has 2 saturated carbocycles. The number of rotatable bonds is 2.